The standard InChI is InChI=1S/C9H18O/c1-3-7-10-8(2)9-5-4-6-9/h8-9H,3-7H2,1-2H3. The Hall–Kier alpha value is -0.0400. The van der Waals surface area contributed by atoms with Crippen LogP contribution in [0.15, 0.2) is 0 Å². The van der Waals surface area contributed by atoms with Crippen molar-refractivity contribution in [3.05, 3.63) is 0 Å². The van der Waals surface area contributed by atoms with Crippen LogP contribution < -0.4 is 0 Å². The minimum absolute atomic E-state index is 0.522. The molecule has 0 spiro atoms. The molecule has 1 nitrogen and oxygen atoms in total. The summed E-state index contributed by atoms with van der Waals surface area (Å²) in [5.41, 5.74) is 0. The van der Waals surface area contributed by atoms with E-state index in [1.54, 1.807) is 0 Å². The van der Waals surface area contributed by atoms with Crippen molar-refractivity contribution in [2.24, 2.45) is 5.92 Å². The van der Waals surface area contributed by atoms with Crippen molar-refractivity contribution in [3.8, 4) is 0 Å². The van der Waals surface area contributed by atoms with Gasteiger partial charge in [-0.05, 0) is 32.1 Å². The molecule has 1 atom stereocenters. The first-order valence-electron chi connectivity index (χ1n) is 4.46. The molecule has 0 aromatic heterocycles. The molecule has 0 amide bonds. The summed E-state index contributed by atoms with van der Waals surface area (Å²) >= 11 is 0. The highest BCUT2D eigenvalue weighted by molar-refractivity contribution is 4.74. The average Bonchev–Trinajstić information content (AvgIpc) is 1.79. The molecule has 1 fully saturated rings. The summed E-state index contributed by atoms with van der Waals surface area (Å²) in [5.74, 6) is 0.881. The van der Waals surface area contributed by atoms with E-state index in [4.69, 9.17) is 4.74 Å². The van der Waals surface area contributed by atoms with Gasteiger partial charge in [0.05, 0.1) is 6.10 Å². The lowest BCUT2D eigenvalue weighted by atomic mass is 9.82. The van der Waals surface area contributed by atoms with E-state index in [1.807, 2.05) is 0 Å². The molecule has 0 bridgehead atoms. The molecular weight excluding hydrogens is 124 g/mol. The van der Waals surface area contributed by atoms with Crippen molar-refractivity contribution >= 4 is 0 Å². The van der Waals surface area contributed by atoms with Crippen LogP contribution in [0, 0.1) is 5.92 Å². The maximum Gasteiger partial charge on any atom is 0.0575 e. The van der Waals surface area contributed by atoms with E-state index in [0.29, 0.717) is 6.10 Å². The molecule has 1 unspecified atom stereocenters. The number of ether oxygens (including phenoxy) is 1. The molecule has 0 aromatic carbocycles. The molecular formula is C9H18O. The van der Waals surface area contributed by atoms with Gasteiger partial charge < -0.3 is 4.74 Å². The Morgan fingerprint density at radius 2 is 2.20 bits per heavy atom. The Labute approximate surface area is 63.8 Å². The zero-order valence-corrected chi connectivity index (χ0v) is 7.10. The highest BCUT2D eigenvalue weighted by Crippen LogP contribution is 2.30. The largest absolute Gasteiger partial charge is 0.378 e. The lowest BCUT2D eigenvalue weighted by Gasteiger charge is -2.31. The second-order valence-electron chi connectivity index (χ2n) is 3.27. The summed E-state index contributed by atoms with van der Waals surface area (Å²) in [5, 5.41) is 0. The normalized spacial score (nSPS) is 22.2. The Kier molecular flexibility index (Phi) is 3.20. The number of rotatable bonds is 4. The lowest BCUT2D eigenvalue weighted by Crippen LogP contribution is -2.26. The summed E-state index contributed by atoms with van der Waals surface area (Å²) < 4.78 is 5.60. The fraction of sp³-hybridized carbons (Fsp3) is 1.00. The van der Waals surface area contributed by atoms with E-state index in [0.717, 1.165) is 18.9 Å². The highest BCUT2D eigenvalue weighted by atomic mass is 16.5. The van der Waals surface area contributed by atoms with E-state index < -0.39 is 0 Å². The van der Waals surface area contributed by atoms with Gasteiger partial charge in [-0.3, -0.25) is 0 Å². The van der Waals surface area contributed by atoms with Gasteiger partial charge in [0.25, 0.3) is 0 Å². The van der Waals surface area contributed by atoms with Gasteiger partial charge in [0.2, 0.25) is 0 Å². The smallest absolute Gasteiger partial charge is 0.0575 e. The van der Waals surface area contributed by atoms with E-state index >= 15 is 0 Å². The van der Waals surface area contributed by atoms with E-state index in [2.05, 4.69) is 13.8 Å². The fourth-order valence-corrected chi connectivity index (χ4v) is 1.35. The van der Waals surface area contributed by atoms with E-state index in [9.17, 15) is 0 Å². The monoisotopic (exact) mass is 142 g/mol. The molecule has 0 aromatic rings. The molecule has 1 heteroatoms. The Morgan fingerprint density at radius 3 is 2.60 bits per heavy atom. The van der Waals surface area contributed by atoms with Gasteiger partial charge >= 0.3 is 0 Å². The molecule has 0 aliphatic heterocycles. The Bertz CT molecular complexity index is 86.7. The van der Waals surface area contributed by atoms with Gasteiger partial charge in [0.15, 0.2) is 0 Å². The molecule has 1 aliphatic rings. The van der Waals surface area contributed by atoms with Gasteiger partial charge in [0, 0.05) is 6.61 Å². The zero-order valence-electron chi connectivity index (χ0n) is 7.10. The summed E-state index contributed by atoms with van der Waals surface area (Å²) in [6.45, 7) is 5.31. The maximum atomic E-state index is 5.60. The Morgan fingerprint density at radius 1 is 1.50 bits per heavy atom. The number of hydrogen-bond donors (Lipinski definition) is 0. The fourth-order valence-electron chi connectivity index (χ4n) is 1.35. The topological polar surface area (TPSA) is 9.23 Å². The summed E-state index contributed by atoms with van der Waals surface area (Å²) in [6, 6.07) is 0. The van der Waals surface area contributed by atoms with Crippen LogP contribution >= 0.6 is 0 Å². The van der Waals surface area contributed by atoms with E-state index in [1.165, 1.54) is 19.3 Å². The third kappa shape index (κ3) is 1.98. The quantitative estimate of drug-likeness (QED) is 0.586. The molecule has 0 N–H and O–H groups in total. The highest BCUT2D eigenvalue weighted by Gasteiger charge is 2.23. The third-order valence-corrected chi connectivity index (χ3v) is 2.40. The number of hydrogen-bond acceptors (Lipinski definition) is 1. The SMILES string of the molecule is CCCOC(C)C1CCC1. The van der Waals surface area contributed by atoms with Crippen molar-refractivity contribution < 1.29 is 4.74 Å². The van der Waals surface area contributed by atoms with Gasteiger partial charge in [-0.25, -0.2) is 0 Å². The summed E-state index contributed by atoms with van der Waals surface area (Å²) in [7, 11) is 0. The summed E-state index contributed by atoms with van der Waals surface area (Å²) in [4.78, 5) is 0. The predicted molar refractivity (Wildman–Crippen MR) is 43.0 cm³/mol. The zero-order chi connectivity index (χ0) is 7.40. The first kappa shape index (κ1) is 8.06. The molecule has 60 valence electrons. The van der Waals surface area contributed by atoms with Gasteiger partial charge in [0.1, 0.15) is 0 Å². The molecule has 1 aliphatic carbocycles. The van der Waals surface area contributed by atoms with Gasteiger partial charge in [-0.2, -0.15) is 0 Å². The Balaban J connectivity index is 2.02. The maximum absolute atomic E-state index is 5.60. The second kappa shape index (κ2) is 3.97. The van der Waals surface area contributed by atoms with Crippen LogP contribution in [0.5, 0.6) is 0 Å². The molecule has 0 saturated heterocycles. The average molecular weight is 142 g/mol. The first-order chi connectivity index (χ1) is 4.84. The molecule has 10 heavy (non-hydrogen) atoms. The van der Waals surface area contributed by atoms with Crippen LogP contribution in [0.3, 0.4) is 0 Å². The van der Waals surface area contributed by atoms with E-state index in [-0.39, 0.29) is 0 Å². The van der Waals surface area contributed by atoms with Crippen LogP contribution in [0.25, 0.3) is 0 Å². The van der Waals surface area contributed by atoms with Crippen molar-refractivity contribution in [1.29, 1.82) is 0 Å². The lowest BCUT2D eigenvalue weighted by molar-refractivity contribution is -0.00101. The molecule has 1 saturated carbocycles. The van der Waals surface area contributed by atoms with Crippen LogP contribution in [0.2, 0.25) is 0 Å². The minimum Gasteiger partial charge on any atom is -0.378 e. The summed E-state index contributed by atoms with van der Waals surface area (Å²) in [6.07, 6.45) is 5.88. The minimum atomic E-state index is 0.522. The molecule has 0 radical (unpaired) electrons. The van der Waals surface area contributed by atoms with Crippen molar-refractivity contribution in [2.75, 3.05) is 6.61 Å². The van der Waals surface area contributed by atoms with Gasteiger partial charge in [-0.1, -0.05) is 13.3 Å². The molecule has 1 rings (SSSR count). The van der Waals surface area contributed by atoms with Crippen LogP contribution in [0.1, 0.15) is 39.5 Å². The van der Waals surface area contributed by atoms with Crippen LogP contribution in [-0.4, -0.2) is 12.7 Å². The van der Waals surface area contributed by atoms with Crippen molar-refractivity contribution in [2.45, 2.75) is 45.6 Å². The van der Waals surface area contributed by atoms with Crippen LogP contribution in [-0.2, 0) is 4.74 Å². The predicted octanol–water partition coefficient (Wildman–Crippen LogP) is 2.60. The van der Waals surface area contributed by atoms with Gasteiger partial charge in [-0.15, -0.1) is 0 Å². The molecule has 0 heterocycles. The second-order valence-corrected chi connectivity index (χ2v) is 3.27. The van der Waals surface area contributed by atoms with Crippen molar-refractivity contribution in [1.82, 2.24) is 0 Å². The third-order valence-electron chi connectivity index (χ3n) is 2.40. The first-order valence-corrected chi connectivity index (χ1v) is 4.46. The van der Waals surface area contributed by atoms with Crippen LogP contribution in [0.4, 0.5) is 0 Å². The van der Waals surface area contributed by atoms with Crippen molar-refractivity contribution in [3.63, 3.8) is 0 Å².